The lowest BCUT2D eigenvalue weighted by Gasteiger charge is -2.04. The molecule has 4 rings (SSSR count). The molecule has 4 aromatic rings. The molecule has 0 radical (unpaired) electrons. The van der Waals surface area contributed by atoms with Crippen LogP contribution in [-0.4, -0.2) is 28.2 Å². The van der Waals surface area contributed by atoms with Crippen LogP contribution in [-0.2, 0) is 9.84 Å². The highest BCUT2D eigenvalue weighted by Gasteiger charge is 2.26. The van der Waals surface area contributed by atoms with E-state index < -0.39 is 9.84 Å². The first-order valence-corrected chi connectivity index (χ1v) is 11.2. The standard InChI is InChI=1S/C16H10Br2N4O2S2/c1-9-2-3-10(17)7-14(9)26(23,24)16-21-20-15(25-16)12-8-19-22-5-4-11(18)6-13(12)22/h2-8H,1H3. The number of fused-ring (bicyclic) bond motifs is 1. The Morgan fingerprint density at radius 2 is 1.85 bits per heavy atom. The molecule has 26 heavy (non-hydrogen) atoms. The Bertz CT molecular complexity index is 1250. The number of benzene rings is 1. The van der Waals surface area contributed by atoms with Crippen molar-refractivity contribution >= 4 is 58.6 Å². The summed E-state index contributed by atoms with van der Waals surface area (Å²) in [5.41, 5.74) is 2.21. The van der Waals surface area contributed by atoms with E-state index in [1.807, 2.05) is 18.3 Å². The van der Waals surface area contributed by atoms with E-state index in [2.05, 4.69) is 47.2 Å². The van der Waals surface area contributed by atoms with E-state index in [0.29, 0.717) is 15.0 Å². The molecule has 0 aliphatic heterocycles. The van der Waals surface area contributed by atoms with E-state index in [9.17, 15) is 8.42 Å². The maximum absolute atomic E-state index is 13.0. The average molecular weight is 514 g/mol. The minimum atomic E-state index is -3.75. The van der Waals surface area contributed by atoms with E-state index in [1.165, 1.54) is 0 Å². The molecule has 132 valence electrons. The van der Waals surface area contributed by atoms with Crippen LogP contribution < -0.4 is 0 Å². The summed E-state index contributed by atoms with van der Waals surface area (Å²) < 4.78 is 29.2. The molecule has 0 amide bonds. The summed E-state index contributed by atoms with van der Waals surface area (Å²) in [4.78, 5) is 0.220. The molecule has 0 saturated carbocycles. The van der Waals surface area contributed by atoms with Crippen molar-refractivity contribution in [2.75, 3.05) is 0 Å². The number of rotatable bonds is 3. The normalized spacial score (nSPS) is 12.0. The molecule has 3 aromatic heterocycles. The lowest BCUT2D eigenvalue weighted by atomic mass is 10.2. The summed E-state index contributed by atoms with van der Waals surface area (Å²) in [5.74, 6) is 0. The largest absolute Gasteiger partial charge is 0.240 e. The topological polar surface area (TPSA) is 77.2 Å². The van der Waals surface area contributed by atoms with Crippen molar-refractivity contribution in [2.45, 2.75) is 16.2 Å². The zero-order valence-corrected chi connectivity index (χ0v) is 18.0. The summed E-state index contributed by atoms with van der Waals surface area (Å²) in [6.07, 6.45) is 3.47. The molecular formula is C16H10Br2N4O2S2. The Morgan fingerprint density at radius 1 is 1.08 bits per heavy atom. The number of pyridine rings is 1. The van der Waals surface area contributed by atoms with Gasteiger partial charge in [0.2, 0.25) is 14.2 Å². The minimum absolute atomic E-state index is 0.0388. The number of hydrogen-bond acceptors (Lipinski definition) is 6. The van der Waals surface area contributed by atoms with Crippen molar-refractivity contribution in [1.29, 1.82) is 0 Å². The maximum Gasteiger partial charge on any atom is 0.237 e. The van der Waals surface area contributed by atoms with Gasteiger partial charge in [-0.25, -0.2) is 12.9 Å². The van der Waals surface area contributed by atoms with Crippen LogP contribution in [0.15, 0.2) is 60.9 Å². The van der Waals surface area contributed by atoms with Gasteiger partial charge in [0, 0.05) is 15.1 Å². The smallest absolute Gasteiger partial charge is 0.237 e. The first-order chi connectivity index (χ1) is 12.4. The molecule has 0 aliphatic rings. The number of nitrogens with zero attached hydrogens (tertiary/aromatic N) is 4. The quantitative estimate of drug-likeness (QED) is 0.402. The first-order valence-electron chi connectivity index (χ1n) is 7.34. The molecule has 0 fully saturated rings. The van der Waals surface area contributed by atoms with Crippen molar-refractivity contribution in [1.82, 2.24) is 19.8 Å². The van der Waals surface area contributed by atoms with Crippen molar-refractivity contribution < 1.29 is 8.42 Å². The maximum atomic E-state index is 13.0. The summed E-state index contributed by atoms with van der Waals surface area (Å²) in [5, 5.41) is 12.8. The third-order valence-electron chi connectivity index (χ3n) is 3.79. The van der Waals surface area contributed by atoms with E-state index in [1.54, 1.807) is 35.8 Å². The molecule has 0 spiro atoms. The molecule has 0 saturated heterocycles. The number of sulfone groups is 1. The highest BCUT2D eigenvalue weighted by atomic mass is 79.9. The van der Waals surface area contributed by atoms with Crippen LogP contribution in [0.25, 0.3) is 16.1 Å². The van der Waals surface area contributed by atoms with E-state index >= 15 is 0 Å². The van der Waals surface area contributed by atoms with E-state index in [4.69, 9.17) is 0 Å². The van der Waals surface area contributed by atoms with Crippen molar-refractivity contribution in [2.24, 2.45) is 0 Å². The Balaban J connectivity index is 1.83. The SMILES string of the molecule is Cc1ccc(Br)cc1S(=O)(=O)c1nnc(-c2cnn3ccc(Br)cc23)s1. The number of hydrogen-bond donors (Lipinski definition) is 0. The van der Waals surface area contributed by atoms with E-state index in [0.717, 1.165) is 26.9 Å². The fraction of sp³-hybridized carbons (Fsp3) is 0.0625. The Hall–Kier alpha value is -1.62. The van der Waals surface area contributed by atoms with Crippen LogP contribution >= 0.6 is 43.2 Å². The second-order valence-electron chi connectivity index (χ2n) is 5.52. The number of aromatic nitrogens is 4. The highest BCUT2D eigenvalue weighted by Crippen LogP contribution is 2.34. The van der Waals surface area contributed by atoms with Gasteiger partial charge in [-0.05, 0) is 36.8 Å². The molecule has 0 aliphatic carbocycles. The minimum Gasteiger partial charge on any atom is -0.240 e. The van der Waals surface area contributed by atoms with Crippen LogP contribution in [0.5, 0.6) is 0 Å². The predicted molar refractivity (Wildman–Crippen MR) is 106 cm³/mol. The van der Waals surface area contributed by atoms with Gasteiger partial charge in [-0.15, -0.1) is 10.2 Å². The summed E-state index contributed by atoms with van der Waals surface area (Å²) in [7, 11) is -3.75. The molecule has 0 atom stereocenters. The third kappa shape index (κ3) is 3.00. The first kappa shape index (κ1) is 17.8. The van der Waals surface area contributed by atoms with Gasteiger partial charge in [-0.3, -0.25) is 0 Å². The Morgan fingerprint density at radius 3 is 2.65 bits per heavy atom. The van der Waals surface area contributed by atoms with Gasteiger partial charge < -0.3 is 0 Å². The molecule has 3 heterocycles. The van der Waals surface area contributed by atoms with Gasteiger partial charge in [0.05, 0.1) is 22.2 Å². The third-order valence-corrected chi connectivity index (χ3v) is 8.00. The van der Waals surface area contributed by atoms with Crippen molar-refractivity contribution in [3.05, 3.63) is 57.2 Å². The van der Waals surface area contributed by atoms with Crippen LogP contribution in [0.3, 0.4) is 0 Å². The molecule has 6 nitrogen and oxygen atoms in total. The molecule has 0 N–H and O–H groups in total. The molecule has 1 aromatic carbocycles. The molecule has 10 heteroatoms. The van der Waals surface area contributed by atoms with Gasteiger partial charge in [0.1, 0.15) is 0 Å². The second kappa shape index (κ2) is 6.52. The fourth-order valence-electron chi connectivity index (χ4n) is 2.50. The van der Waals surface area contributed by atoms with Gasteiger partial charge in [-0.1, -0.05) is 49.3 Å². The van der Waals surface area contributed by atoms with Crippen molar-refractivity contribution in [3.8, 4) is 10.6 Å². The van der Waals surface area contributed by atoms with Gasteiger partial charge >= 0.3 is 0 Å². The molecule has 0 bridgehead atoms. The Labute approximate surface area is 170 Å². The monoisotopic (exact) mass is 512 g/mol. The highest BCUT2D eigenvalue weighted by molar-refractivity contribution is 9.10. The predicted octanol–water partition coefficient (Wildman–Crippen LogP) is 4.52. The van der Waals surface area contributed by atoms with Crippen LogP contribution in [0, 0.1) is 6.92 Å². The number of aryl methyl sites for hydroxylation is 1. The zero-order valence-electron chi connectivity index (χ0n) is 13.2. The van der Waals surface area contributed by atoms with Gasteiger partial charge in [-0.2, -0.15) is 5.10 Å². The van der Waals surface area contributed by atoms with Crippen LogP contribution in [0.1, 0.15) is 5.56 Å². The zero-order chi connectivity index (χ0) is 18.5. The summed E-state index contributed by atoms with van der Waals surface area (Å²) >= 11 is 7.78. The lowest BCUT2D eigenvalue weighted by Crippen LogP contribution is -2.03. The average Bonchev–Trinajstić information content (AvgIpc) is 3.23. The van der Waals surface area contributed by atoms with E-state index in [-0.39, 0.29) is 9.24 Å². The molecular weight excluding hydrogens is 504 g/mol. The van der Waals surface area contributed by atoms with Crippen LogP contribution in [0.2, 0.25) is 0 Å². The fourth-order valence-corrected chi connectivity index (χ4v) is 6.00. The van der Waals surface area contributed by atoms with Gasteiger partial charge in [0.25, 0.3) is 0 Å². The lowest BCUT2D eigenvalue weighted by molar-refractivity contribution is 0.593. The van der Waals surface area contributed by atoms with Gasteiger partial charge in [0.15, 0.2) is 5.01 Å². The van der Waals surface area contributed by atoms with Crippen LogP contribution in [0.4, 0.5) is 0 Å². The Kier molecular flexibility index (Phi) is 4.46. The number of halogens is 2. The molecule has 0 unspecified atom stereocenters. The van der Waals surface area contributed by atoms with Crippen molar-refractivity contribution in [3.63, 3.8) is 0 Å². The summed E-state index contributed by atoms with van der Waals surface area (Å²) in [6.45, 7) is 1.75. The summed E-state index contributed by atoms with van der Waals surface area (Å²) in [6, 6.07) is 8.91. The second-order valence-corrected chi connectivity index (χ2v) is 10.4.